The molecule has 0 saturated carbocycles. The van der Waals surface area contributed by atoms with E-state index in [1.165, 1.54) is 16.7 Å². The van der Waals surface area contributed by atoms with Crippen molar-refractivity contribution >= 4 is 11.6 Å². The van der Waals surface area contributed by atoms with Crippen LogP contribution in [0.1, 0.15) is 27.8 Å². The highest BCUT2D eigenvalue weighted by Gasteiger charge is 2.05. The van der Waals surface area contributed by atoms with Crippen molar-refractivity contribution in [2.45, 2.75) is 33.3 Å². The van der Waals surface area contributed by atoms with Gasteiger partial charge in [0.25, 0.3) is 0 Å². The van der Waals surface area contributed by atoms with Crippen molar-refractivity contribution in [3.8, 4) is 5.75 Å². The maximum absolute atomic E-state index is 5.94. The minimum atomic E-state index is 0.519. The largest absolute Gasteiger partial charge is 0.489 e. The second-order valence-electron chi connectivity index (χ2n) is 4.89. The van der Waals surface area contributed by atoms with E-state index in [2.05, 4.69) is 39.0 Å². The molecule has 2 heteroatoms. The van der Waals surface area contributed by atoms with Crippen LogP contribution in [0.2, 0.25) is 0 Å². The van der Waals surface area contributed by atoms with E-state index >= 15 is 0 Å². The number of rotatable bonds is 4. The fourth-order valence-corrected chi connectivity index (χ4v) is 2.33. The number of halogens is 1. The zero-order valence-corrected chi connectivity index (χ0v) is 12.4. The normalized spacial score (nSPS) is 10.5. The molecule has 0 spiro atoms. The summed E-state index contributed by atoms with van der Waals surface area (Å²) in [6.07, 6.45) is 0. The molecule has 0 amide bonds. The van der Waals surface area contributed by atoms with Gasteiger partial charge in [-0.3, -0.25) is 0 Å². The molecule has 0 atom stereocenters. The van der Waals surface area contributed by atoms with Crippen LogP contribution >= 0.6 is 11.6 Å². The van der Waals surface area contributed by atoms with Crippen LogP contribution in [0.4, 0.5) is 0 Å². The zero-order chi connectivity index (χ0) is 13.8. The van der Waals surface area contributed by atoms with E-state index in [-0.39, 0.29) is 0 Å². The first-order valence-electron chi connectivity index (χ1n) is 6.45. The molecule has 0 N–H and O–H groups in total. The highest BCUT2D eigenvalue weighted by molar-refractivity contribution is 6.17. The van der Waals surface area contributed by atoms with Gasteiger partial charge < -0.3 is 4.74 Å². The minimum absolute atomic E-state index is 0.519. The SMILES string of the molecule is Cc1cc(C)c(OCc2ccccc2CCl)cc1C. The zero-order valence-electron chi connectivity index (χ0n) is 11.7. The van der Waals surface area contributed by atoms with Gasteiger partial charge in [0.1, 0.15) is 12.4 Å². The average Bonchev–Trinajstić information content (AvgIpc) is 2.41. The van der Waals surface area contributed by atoms with Gasteiger partial charge in [-0.1, -0.05) is 30.3 Å². The van der Waals surface area contributed by atoms with Gasteiger partial charge in [0.15, 0.2) is 0 Å². The fraction of sp³-hybridized carbons (Fsp3) is 0.294. The van der Waals surface area contributed by atoms with Crippen molar-refractivity contribution in [2.75, 3.05) is 0 Å². The van der Waals surface area contributed by atoms with E-state index in [4.69, 9.17) is 16.3 Å². The molecule has 100 valence electrons. The first-order valence-corrected chi connectivity index (χ1v) is 6.98. The van der Waals surface area contributed by atoms with Gasteiger partial charge in [-0.25, -0.2) is 0 Å². The predicted molar refractivity (Wildman–Crippen MR) is 81.0 cm³/mol. The Kier molecular flexibility index (Phi) is 4.49. The molecular formula is C17H19ClO. The maximum Gasteiger partial charge on any atom is 0.122 e. The molecule has 19 heavy (non-hydrogen) atoms. The predicted octanol–water partition coefficient (Wildman–Crippen LogP) is 4.93. The number of aryl methyl sites for hydroxylation is 3. The smallest absolute Gasteiger partial charge is 0.122 e. The van der Waals surface area contributed by atoms with E-state index in [1.54, 1.807) is 0 Å². The summed E-state index contributed by atoms with van der Waals surface area (Å²) < 4.78 is 5.94. The molecule has 0 aliphatic rings. The van der Waals surface area contributed by atoms with Crippen LogP contribution < -0.4 is 4.74 Å². The van der Waals surface area contributed by atoms with Crippen LogP contribution in [-0.4, -0.2) is 0 Å². The van der Waals surface area contributed by atoms with Crippen LogP contribution in [0, 0.1) is 20.8 Å². The number of hydrogen-bond donors (Lipinski definition) is 0. The van der Waals surface area contributed by atoms with Gasteiger partial charge >= 0.3 is 0 Å². The molecule has 0 heterocycles. The summed E-state index contributed by atoms with van der Waals surface area (Å²) in [7, 11) is 0. The lowest BCUT2D eigenvalue weighted by molar-refractivity contribution is 0.303. The average molecular weight is 275 g/mol. The van der Waals surface area contributed by atoms with Crippen molar-refractivity contribution in [3.05, 3.63) is 64.2 Å². The Morgan fingerprint density at radius 3 is 2.21 bits per heavy atom. The molecule has 0 radical (unpaired) electrons. The highest BCUT2D eigenvalue weighted by Crippen LogP contribution is 2.24. The molecule has 0 saturated heterocycles. The van der Waals surface area contributed by atoms with Crippen LogP contribution in [0.5, 0.6) is 5.75 Å². The third-order valence-electron chi connectivity index (χ3n) is 3.44. The van der Waals surface area contributed by atoms with E-state index in [0.29, 0.717) is 12.5 Å². The molecule has 0 bridgehead atoms. The van der Waals surface area contributed by atoms with Gasteiger partial charge in [0.05, 0.1) is 0 Å². The first-order chi connectivity index (χ1) is 9.11. The van der Waals surface area contributed by atoms with E-state index in [0.717, 1.165) is 16.9 Å². The quantitative estimate of drug-likeness (QED) is 0.719. The Bertz CT molecular complexity index is 575. The molecule has 1 nitrogen and oxygen atoms in total. The van der Waals surface area contributed by atoms with Crippen molar-refractivity contribution in [1.29, 1.82) is 0 Å². The maximum atomic E-state index is 5.94. The van der Waals surface area contributed by atoms with Gasteiger partial charge in [0, 0.05) is 5.88 Å². The Morgan fingerprint density at radius 1 is 0.895 bits per heavy atom. The second-order valence-corrected chi connectivity index (χ2v) is 5.16. The molecule has 0 unspecified atom stereocenters. The Balaban J connectivity index is 2.17. The van der Waals surface area contributed by atoms with Gasteiger partial charge in [-0.15, -0.1) is 11.6 Å². The second kappa shape index (κ2) is 6.12. The molecule has 2 aromatic carbocycles. The van der Waals surface area contributed by atoms with E-state index in [1.807, 2.05) is 18.2 Å². The van der Waals surface area contributed by atoms with Crippen LogP contribution in [-0.2, 0) is 12.5 Å². The van der Waals surface area contributed by atoms with Gasteiger partial charge in [0.2, 0.25) is 0 Å². The summed E-state index contributed by atoms with van der Waals surface area (Å²) in [5.74, 6) is 1.47. The summed E-state index contributed by atoms with van der Waals surface area (Å²) in [4.78, 5) is 0. The number of ether oxygens (including phenoxy) is 1. The topological polar surface area (TPSA) is 9.23 Å². The summed E-state index contributed by atoms with van der Waals surface area (Å²) in [5.41, 5.74) is 6.00. The lowest BCUT2D eigenvalue weighted by Crippen LogP contribution is -2.01. The van der Waals surface area contributed by atoms with Crippen LogP contribution in [0.15, 0.2) is 36.4 Å². The molecule has 2 rings (SSSR count). The van der Waals surface area contributed by atoms with Gasteiger partial charge in [-0.05, 0) is 54.7 Å². The molecular weight excluding hydrogens is 256 g/mol. The van der Waals surface area contributed by atoms with Crippen LogP contribution in [0.25, 0.3) is 0 Å². The standard InChI is InChI=1S/C17H19ClO/c1-12-8-14(3)17(9-13(12)2)19-11-16-7-5-4-6-15(16)10-18/h4-9H,10-11H2,1-3H3. The number of benzene rings is 2. The van der Waals surface area contributed by atoms with E-state index in [9.17, 15) is 0 Å². The lowest BCUT2D eigenvalue weighted by Gasteiger charge is -2.13. The molecule has 0 aliphatic carbocycles. The summed E-state index contributed by atoms with van der Waals surface area (Å²) in [6.45, 7) is 6.87. The monoisotopic (exact) mass is 274 g/mol. The number of alkyl halides is 1. The molecule has 0 fully saturated rings. The lowest BCUT2D eigenvalue weighted by atomic mass is 10.1. The Labute approximate surface area is 120 Å². The molecule has 0 aliphatic heterocycles. The first kappa shape index (κ1) is 14.0. The summed E-state index contributed by atoms with van der Waals surface area (Å²) in [5, 5.41) is 0. The van der Waals surface area contributed by atoms with Crippen LogP contribution in [0.3, 0.4) is 0 Å². The highest BCUT2D eigenvalue weighted by atomic mass is 35.5. The number of hydrogen-bond acceptors (Lipinski definition) is 1. The Morgan fingerprint density at radius 2 is 1.53 bits per heavy atom. The summed E-state index contributed by atoms with van der Waals surface area (Å²) >= 11 is 5.94. The third kappa shape index (κ3) is 3.30. The van der Waals surface area contributed by atoms with Crippen molar-refractivity contribution in [3.63, 3.8) is 0 Å². The molecule has 2 aromatic rings. The van der Waals surface area contributed by atoms with E-state index < -0.39 is 0 Å². The minimum Gasteiger partial charge on any atom is -0.489 e. The van der Waals surface area contributed by atoms with Crippen molar-refractivity contribution in [1.82, 2.24) is 0 Å². The fourth-order valence-electron chi connectivity index (χ4n) is 2.07. The van der Waals surface area contributed by atoms with Gasteiger partial charge in [-0.2, -0.15) is 0 Å². The molecule has 0 aromatic heterocycles. The van der Waals surface area contributed by atoms with Crippen molar-refractivity contribution in [2.24, 2.45) is 0 Å². The summed E-state index contributed by atoms with van der Waals surface area (Å²) in [6, 6.07) is 12.4. The Hall–Kier alpha value is -1.47. The third-order valence-corrected chi connectivity index (χ3v) is 3.72. The van der Waals surface area contributed by atoms with Crippen molar-refractivity contribution < 1.29 is 4.74 Å².